The zero-order valence-electron chi connectivity index (χ0n) is 9.03. The van der Waals surface area contributed by atoms with Crippen molar-refractivity contribution in [3.05, 3.63) is 35.6 Å². The summed E-state index contributed by atoms with van der Waals surface area (Å²) in [5.74, 6) is 0.130. The molecule has 0 bridgehead atoms. The largest absolute Gasteiger partial charge is 0.433 e. The Hall–Kier alpha value is -1.12. The van der Waals surface area contributed by atoms with Gasteiger partial charge >= 0.3 is 6.11 Å². The lowest BCUT2D eigenvalue weighted by molar-refractivity contribution is -0.195. The van der Waals surface area contributed by atoms with Gasteiger partial charge in [0.25, 0.3) is 0 Å². The van der Waals surface area contributed by atoms with Gasteiger partial charge in [-0.2, -0.15) is 8.78 Å². The summed E-state index contributed by atoms with van der Waals surface area (Å²) in [4.78, 5) is 0. The molecule has 0 unspecified atom stereocenters. The summed E-state index contributed by atoms with van der Waals surface area (Å²) in [6.45, 7) is 9.64. The average molecular weight is 202 g/mol. The molecule has 0 heterocycles. The quantitative estimate of drug-likeness (QED) is 0.493. The van der Waals surface area contributed by atoms with Crippen molar-refractivity contribution in [2.45, 2.75) is 33.8 Å². The van der Waals surface area contributed by atoms with Crippen LogP contribution in [0.5, 0.6) is 0 Å². The zero-order chi connectivity index (χ0) is 11.4. The molecule has 0 amide bonds. The Kier molecular flexibility index (Phi) is 4.54. The molecule has 0 aliphatic carbocycles. The van der Waals surface area contributed by atoms with Crippen LogP contribution in [0.1, 0.15) is 27.7 Å². The van der Waals surface area contributed by atoms with E-state index in [0.29, 0.717) is 12.5 Å². The van der Waals surface area contributed by atoms with Crippen LogP contribution in [-0.4, -0.2) is 6.11 Å². The molecule has 3 heteroatoms. The average Bonchev–Trinajstić information content (AvgIpc) is 1.77. The highest BCUT2D eigenvalue weighted by Gasteiger charge is 2.23. The van der Waals surface area contributed by atoms with E-state index in [4.69, 9.17) is 0 Å². The Morgan fingerprint density at radius 1 is 1.21 bits per heavy atom. The minimum Gasteiger partial charge on any atom is -0.433 e. The molecule has 0 saturated heterocycles. The fourth-order valence-corrected chi connectivity index (χ4v) is 0.835. The van der Waals surface area contributed by atoms with Crippen molar-refractivity contribution < 1.29 is 13.5 Å². The SMILES string of the molecule is C=C(C)/C=C(\C=C(C)C)OC(C)(F)F. The van der Waals surface area contributed by atoms with Gasteiger partial charge in [0.1, 0.15) is 5.76 Å². The Labute approximate surface area is 83.8 Å². The second kappa shape index (κ2) is 4.94. The van der Waals surface area contributed by atoms with Gasteiger partial charge in [0.05, 0.1) is 0 Å². The second-order valence-corrected chi connectivity index (χ2v) is 3.52. The van der Waals surface area contributed by atoms with Crippen molar-refractivity contribution in [3.8, 4) is 0 Å². The molecule has 0 fully saturated rings. The van der Waals surface area contributed by atoms with Gasteiger partial charge in [0.2, 0.25) is 0 Å². The van der Waals surface area contributed by atoms with E-state index in [1.807, 2.05) is 13.8 Å². The van der Waals surface area contributed by atoms with Crippen molar-refractivity contribution in [1.82, 2.24) is 0 Å². The normalized spacial score (nSPS) is 12.3. The van der Waals surface area contributed by atoms with E-state index in [-0.39, 0.29) is 5.76 Å². The summed E-state index contributed by atoms with van der Waals surface area (Å²) in [5, 5.41) is 0. The molecule has 0 atom stereocenters. The van der Waals surface area contributed by atoms with E-state index in [2.05, 4.69) is 11.3 Å². The smallest absolute Gasteiger partial charge is 0.394 e. The first-order chi connectivity index (χ1) is 6.20. The Bertz CT molecular complexity index is 266. The highest BCUT2D eigenvalue weighted by atomic mass is 19.3. The monoisotopic (exact) mass is 202 g/mol. The molecule has 0 aromatic heterocycles. The van der Waals surface area contributed by atoms with E-state index in [0.717, 1.165) is 5.57 Å². The van der Waals surface area contributed by atoms with Gasteiger partial charge in [0, 0.05) is 6.92 Å². The molecule has 0 rings (SSSR count). The first-order valence-electron chi connectivity index (χ1n) is 4.29. The van der Waals surface area contributed by atoms with Crippen LogP contribution in [-0.2, 0) is 4.74 Å². The van der Waals surface area contributed by atoms with Crippen LogP contribution in [0.15, 0.2) is 35.6 Å². The number of allylic oxidation sites excluding steroid dienone is 4. The number of halogens is 2. The van der Waals surface area contributed by atoms with Crippen molar-refractivity contribution >= 4 is 0 Å². The summed E-state index contributed by atoms with van der Waals surface area (Å²) < 4.78 is 29.6. The van der Waals surface area contributed by atoms with Crippen LogP contribution in [0.4, 0.5) is 8.78 Å². The van der Waals surface area contributed by atoms with Gasteiger partial charge in [-0.15, -0.1) is 0 Å². The standard InChI is InChI=1S/C11H16F2O/c1-8(2)6-10(7-9(3)4)14-11(5,12)13/h6-7H,1H2,2-5H3/b10-6+. The highest BCUT2D eigenvalue weighted by molar-refractivity contribution is 5.25. The molecule has 0 saturated carbocycles. The minimum absolute atomic E-state index is 0.130. The number of alkyl halides is 2. The Balaban J connectivity index is 4.76. The summed E-state index contributed by atoms with van der Waals surface area (Å²) in [6, 6.07) is 0. The Morgan fingerprint density at radius 3 is 2.00 bits per heavy atom. The number of hydrogen-bond donors (Lipinski definition) is 0. The molecule has 1 nitrogen and oxygen atoms in total. The highest BCUT2D eigenvalue weighted by Crippen LogP contribution is 2.20. The van der Waals surface area contributed by atoms with Crippen molar-refractivity contribution in [1.29, 1.82) is 0 Å². The van der Waals surface area contributed by atoms with Gasteiger partial charge in [-0.25, -0.2) is 0 Å². The molecular formula is C11H16F2O. The van der Waals surface area contributed by atoms with Crippen LogP contribution >= 0.6 is 0 Å². The van der Waals surface area contributed by atoms with E-state index in [1.165, 1.54) is 6.08 Å². The van der Waals surface area contributed by atoms with Gasteiger partial charge in [-0.05, 0) is 32.9 Å². The van der Waals surface area contributed by atoms with Crippen LogP contribution in [0.25, 0.3) is 0 Å². The topological polar surface area (TPSA) is 9.23 Å². The lowest BCUT2D eigenvalue weighted by Crippen LogP contribution is -2.14. The predicted octanol–water partition coefficient (Wildman–Crippen LogP) is 4.04. The molecule has 0 radical (unpaired) electrons. The lowest BCUT2D eigenvalue weighted by Gasteiger charge is -2.14. The molecule has 0 aliphatic rings. The molecule has 80 valence electrons. The second-order valence-electron chi connectivity index (χ2n) is 3.52. The maximum Gasteiger partial charge on any atom is 0.394 e. The third kappa shape index (κ3) is 7.53. The predicted molar refractivity (Wildman–Crippen MR) is 54.0 cm³/mol. The summed E-state index contributed by atoms with van der Waals surface area (Å²) in [6.07, 6.45) is -0.135. The van der Waals surface area contributed by atoms with Gasteiger partial charge < -0.3 is 4.74 Å². The number of rotatable bonds is 4. The lowest BCUT2D eigenvalue weighted by atomic mass is 10.2. The fourth-order valence-electron chi connectivity index (χ4n) is 0.835. The van der Waals surface area contributed by atoms with Crippen molar-refractivity contribution in [2.24, 2.45) is 0 Å². The molecular weight excluding hydrogens is 186 g/mol. The molecule has 0 aliphatic heterocycles. The molecule has 0 spiro atoms. The fraction of sp³-hybridized carbons (Fsp3) is 0.455. The Morgan fingerprint density at radius 2 is 1.71 bits per heavy atom. The first-order valence-corrected chi connectivity index (χ1v) is 4.29. The molecule has 0 aromatic rings. The van der Waals surface area contributed by atoms with Gasteiger partial charge in [0.15, 0.2) is 0 Å². The van der Waals surface area contributed by atoms with E-state index in [1.54, 1.807) is 13.0 Å². The minimum atomic E-state index is -3.16. The van der Waals surface area contributed by atoms with E-state index >= 15 is 0 Å². The molecule has 14 heavy (non-hydrogen) atoms. The zero-order valence-corrected chi connectivity index (χ0v) is 9.03. The van der Waals surface area contributed by atoms with Gasteiger partial charge in [-0.3, -0.25) is 0 Å². The number of hydrogen-bond acceptors (Lipinski definition) is 1. The third-order valence-electron chi connectivity index (χ3n) is 1.12. The third-order valence-corrected chi connectivity index (χ3v) is 1.12. The number of ether oxygens (including phenoxy) is 1. The maximum atomic E-state index is 12.6. The molecule has 0 aromatic carbocycles. The van der Waals surface area contributed by atoms with Crippen LogP contribution in [0.3, 0.4) is 0 Å². The van der Waals surface area contributed by atoms with Crippen LogP contribution < -0.4 is 0 Å². The summed E-state index contributed by atoms with van der Waals surface area (Å²) in [5.41, 5.74) is 1.56. The summed E-state index contributed by atoms with van der Waals surface area (Å²) in [7, 11) is 0. The van der Waals surface area contributed by atoms with Crippen molar-refractivity contribution in [2.75, 3.05) is 0 Å². The van der Waals surface area contributed by atoms with Gasteiger partial charge in [-0.1, -0.05) is 17.7 Å². The van der Waals surface area contributed by atoms with Crippen molar-refractivity contribution in [3.63, 3.8) is 0 Å². The van der Waals surface area contributed by atoms with E-state index < -0.39 is 6.11 Å². The maximum absolute atomic E-state index is 12.6. The van der Waals surface area contributed by atoms with E-state index in [9.17, 15) is 8.78 Å². The molecule has 0 N–H and O–H groups in total. The summed E-state index contributed by atoms with van der Waals surface area (Å²) >= 11 is 0. The van der Waals surface area contributed by atoms with Crippen LogP contribution in [0, 0.1) is 0 Å². The first kappa shape index (κ1) is 12.9. The van der Waals surface area contributed by atoms with Crippen LogP contribution in [0.2, 0.25) is 0 Å².